The van der Waals surface area contributed by atoms with Gasteiger partial charge < -0.3 is 0 Å². The number of fused-ring (bicyclic) bond motifs is 1. The van der Waals surface area contributed by atoms with Crippen LogP contribution in [0.15, 0.2) is 30.5 Å². The van der Waals surface area contributed by atoms with Gasteiger partial charge in [0, 0.05) is 5.41 Å². The fourth-order valence-electron chi connectivity index (χ4n) is 1.58. The summed E-state index contributed by atoms with van der Waals surface area (Å²) in [6.45, 7) is 6.23. The summed E-state index contributed by atoms with van der Waals surface area (Å²) >= 11 is 0. The molecule has 1 aromatic carbocycles. The van der Waals surface area contributed by atoms with Crippen LogP contribution in [0, 0.1) is 5.41 Å². The molecule has 0 N–H and O–H groups in total. The van der Waals surface area contributed by atoms with E-state index >= 15 is 0 Å². The van der Waals surface area contributed by atoms with Gasteiger partial charge in [-0.1, -0.05) is 37.5 Å². The van der Waals surface area contributed by atoms with Gasteiger partial charge in [-0.3, -0.25) is 0 Å². The molecule has 2 rings (SSSR count). The average molecular weight is 247 g/mol. The molecule has 0 aliphatic heterocycles. The third-order valence-electron chi connectivity index (χ3n) is 2.31. The Hall–Kier alpha value is -1.34. The molecule has 0 aliphatic carbocycles. The van der Waals surface area contributed by atoms with Crippen molar-refractivity contribution in [2.45, 2.75) is 20.8 Å². The van der Waals surface area contributed by atoms with Gasteiger partial charge >= 0.3 is 7.80 Å². The van der Waals surface area contributed by atoms with Crippen molar-refractivity contribution in [3.63, 3.8) is 0 Å². The van der Waals surface area contributed by atoms with Crippen molar-refractivity contribution in [3.8, 4) is 0 Å². The molecule has 3 nitrogen and oxygen atoms in total. The maximum atomic E-state index is 12.1. The van der Waals surface area contributed by atoms with E-state index in [1.807, 2.05) is 24.3 Å². The van der Waals surface area contributed by atoms with Gasteiger partial charge in [0.25, 0.3) is 5.44 Å². The maximum Gasteiger partial charge on any atom is 0.399 e. The molecule has 17 heavy (non-hydrogen) atoms. The van der Waals surface area contributed by atoms with E-state index in [0.717, 1.165) is 11.0 Å². The molecule has 1 heterocycles. The van der Waals surface area contributed by atoms with Crippen molar-refractivity contribution < 1.29 is 4.57 Å². The van der Waals surface area contributed by atoms with Crippen molar-refractivity contribution in [1.82, 2.24) is 9.97 Å². The van der Waals surface area contributed by atoms with E-state index < -0.39 is 7.80 Å². The van der Waals surface area contributed by atoms with E-state index in [2.05, 4.69) is 30.7 Å². The van der Waals surface area contributed by atoms with Crippen LogP contribution in [0.4, 0.5) is 0 Å². The van der Waals surface area contributed by atoms with Gasteiger partial charge in [-0.25, -0.2) is 9.97 Å². The Kier molecular flexibility index (Phi) is 3.21. The first kappa shape index (κ1) is 12.1. The lowest BCUT2D eigenvalue weighted by Gasteiger charge is -2.09. The predicted molar refractivity (Wildman–Crippen MR) is 71.1 cm³/mol. The van der Waals surface area contributed by atoms with Gasteiger partial charge in [0.05, 0.1) is 11.0 Å². The molecule has 0 saturated carbocycles. The minimum atomic E-state index is -1.46. The molecule has 88 valence electrons. The Morgan fingerprint density at radius 1 is 1.18 bits per heavy atom. The highest BCUT2D eigenvalue weighted by molar-refractivity contribution is 7.53. The Bertz CT molecular complexity index is 561. The van der Waals surface area contributed by atoms with Crippen LogP contribution in [0.1, 0.15) is 20.8 Å². The van der Waals surface area contributed by atoms with E-state index in [9.17, 15) is 4.57 Å². The van der Waals surface area contributed by atoms with Crippen LogP contribution in [0.25, 0.3) is 11.0 Å². The molecule has 1 aromatic heterocycles. The lowest BCUT2D eigenvalue weighted by atomic mass is 10.0. The van der Waals surface area contributed by atoms with Crippen molar-refractivity contribution >= 4 is 24.3 Å². The molecule has 0 bridgehead atoms. The summed E-state index contributed by atoms with van der Waals surface area (Å²) in [5.74, 6) is 0. The standard InChI is InChI=1S/C13H16N2OP/c1-13(2,3)9-17(16)12-8-14-10-6-4-5-7-11(10)15-12/h4-8H,9H2,1-3H3/q+1. The fourth-order valence-corrected chi connectivity index (χ4v) is 3.01. The van der Waals surface area contributed by atoms with Crippen molar-refractivity contribution in [2.75, 3.05) is 6.16 Å². The number of hydrogen-bond acceptors (Lipinski definition) is 3. The topological polar surface area (TPSA) is 42.9 Å². The highest BCUT2D eigenvalue weighted by atomic mass is 31.1. The van der Waals surface area contributed by atoms with E-state index in [4.69, 9.17) is 0 Å². The van der Waals surface area contributed by atoms with E-state index in [1.54, 1.807) is 6.20 Å². The molecule has 0 spiro atoms. The van der Waals surface area contributed by atoms with Crippen molar-refractivity contribution in [1.29, 1.82) is 0 Å². The van der Waals surface area contributed by atoms with Crippen LogP contribution in [-0.4, -0.2) is 16.1 Å². The minimum absolute atomic E-state index is 0.0424. The number of aromatic nitrogens is 2. The summed E-state index contributed by atoms with van der Waals surface area (Å²) in [6, 6.07) is 7.64. The minimum Gasteiger partial charge on any atom is -0.248 e. The van der Waals surface area contributed by atoms with Crippen molar-refractivity contribution in [3.05, 3.63) is 30.5 Å². The summed E-state index contributed by atoms with van der Waals surface area (Å²) in [6.07, 6.45) is 2.27. The van der Waals surface area contributed by atoms with Crippen molar-refractivity contribution in [2.24, 2.45) is 5.41 Å². The summed E-state index contributed by atoms with van der Waals surface area (Å²) in [5.41, 5.74) is 2.30. The van der Waals surface area contributed by atoms with Crippen LogP contribution in [0.3, 0.4) is 0 Å². The first-order chi connectivity index (χ1) is 7.96. The zero-order valence-electron chi connectivity index (χ0n) is 10.3. The van der Waals surface area contributed by atoms with Crippen LogP contribution in [0.2, 0.25) is 0 Å². The zero-order chi connectivity index (χ0) is 12.5. The summed E-state index contributed by atoms with van der Waals surface area (Å²) in [4.78, 5) is 8.70. The maximum absolute atomic E-state index is 12.1. The number of benzene rings is 1. The van der Waals surface area contributed by atoms with Crippen LogP contribution in [0.5, 0.6) is 0 Å². The zero-order valence-corrected chi connectivity index (χ0v) is 11.2. The molecular weight excluding hydrogens is 231 g/mol. The molecule has 1 atom stereocenters. The summed E-state index contributed by atoms with van der Waals surface area (Å²) < 4.78 is 12.1. The molecule has 0 aliphatic rings. The number of para-hydroxylation sites is 2. The Labute approximate surface area is 102 Å². The smallest absolute Gasteiger partial charge is 0.248 e. The molecular formula is C13H16N2OP+. The third kappa shape index (κ3) is 3.07. The van der Waals surface area contributed by atoms with Gasteiger partial charge in [0.2, 0.25) is 0 Å². The first-order valence-corrected chi connectivity index (χ1v) is 7.07. The molecule has 4 heteroatoms. The predicted octanol–water partition coefficient (Wildman–Crippen LogP) is 3.13. The van der Waals surface area contributed by atoms with Gasteiger partial charge in [0.1, 0.15) is 6.20 Å². The molecule has 0 amide bonds. The van der Waals surface area contributed by atoms with Crippen LogP contribution >= 0.6 is 7.80 Å². The fraction of sp³-hybridized carbons (Fsp3) is 0.385. The Morgan fingerprint density at radius 2 is 1.82 bits per heavy atom. The second-order valence-corrected chi connectivity index (χ2v) is 6.85. The second-order valence-electron chi connectivity index (χ2n) is 5.31. The second kappa shape index (κ2) is 4.50. The van der Waals surface area contributed by atoms with Gasteiger partial charge in [0.15, 0.2) is 6.16 Å². The van der Waals surface area contributed by atoms with Gasteiger partial charge in [-0.05, 0) is 12.1 Å². The lowest BCUT2D eigenvalue weighted by molar-refractivity contribution is 0.468. The normalized spacial score (nSPS) is 12.8. The largest absolute Gasteiger partial charge is 0.399 e. The first-order valence-electron chi connectivity index (χ1n) is 5.62. The highest BCUT2D eigenvalue weighted by Crippen LogP contribution is 2.29. The third-order valence-corrected chi connectivity index (χ3v) is 4.27. The van der Waals surface area contributed by atoms with Crippen LogP contribution < -0.4 is 5.44 Å². The SMILES string of the molecule is CC(C)(C)C[P+](=O)c1cnc2ccccc2n1. The monoisotopic (exact) mass is 247 g/mol. The summed E-state index contributed by atoms with van der Waals surface area (Å²) in [7, 11) is -1.46. The van der Waals surface area contributed by atoms with Crippen LogP contribution in [-0.2, 0) is 4.57 Å². The van der Waals surface area contributed by atoms with E-state index in [-0.39, 0.29) is 5.41 Å². The lowest BCUT2D eigenvalue weighted by Crippen LogP contribution is -2.14. The van der Waals surface area contributed by atoms with Gasteiger partial charge in [-0.15, -0.1) is 0 Å². The molecule has 2 aromatic rings. The molecule has 1 unspecified atom stereocenters. The molecule has 0 fully saturated rings. The number of nitrogens with zero attached hydrogens (tertiary/aromatic N) is 2. The quantitative estimate of drug-likeness (QED) is 0.766. The average Bonchev–Trinajstić information content (AvgIpc) is 2.26. The molecule has 0 radical (unpaired) electrons. The molecule has 0 saturated heterocycles. The highest BCUT2D eigenvalue weighted by Gasteiger charge is 2.29. The number of rotatable bonds is 2. The van der Waals surface area contributed by atoms with Gasteiger partial charge in [-0.2, -0.15) is 0 Å². The number of hydrogen-bond donors (Lipinski definition) is 0. The van der Waals surface area contributed by atoms with E-state index in [1.165, 1.54) is 0 Å². The Balaban J connectivity index is 2.33. The van der Waals surface area contributed by atoms with E-state index in [0.29, 0.717) is 11.6 Å². The Morgan fingerprint density at radius 3 is 2.47 bits per heavy atom. The summed E-state index contributed by atoms with van der Waals surface area (Å²) in [5, 5.41) is 0.